The molecule has 0 aromatic rings. The third kappa shape index (κ3) is 3.86. The highest BCUT2D eigenvalue weighted by molar-refractivity contribution is 8.05. The topological polar surface area (TPSA) is 232 Å². The second-order valence-corrected chi connectivity index (χ2v) is 7.20. The predicted molar refractivity (Wildman–Crippen MR) is 69.5 cm³/mol. The molecular weight excluding hydrogens is 368 g/mol. The Bertz CT molecular complexity index is 744. The van der Waals surface area contributed by atoms with Gasteiger partial charge in [0, 0.05) is 17.1 Å². The fourth-order valence-corrected chi connectivity index (χ4v) is 4.13. The first-order valence-corrected chi connectivity index (χ1v) is 7.85. The zero-order valence-electron chi connectivity index (χ0n) is 10.6. The summed E-state index contributed by atoms with van der Waals surface area (Å²) in [5.74, 6) is 0. The molecule has 0 aromatic carbocycles. The van der Waals surface area contributed by atoms with Crippen LogP contribution >= 0.6 is 0 Å². The average molecular weight is 376 g/mol. The van der Waals surface area contributed by atoms with Crippen molar-refractivity contribution in [2.75, 3.05) is 0 Å². The minimum Gasteiger partial charge on any atom is -0.483 e. The Hall–Kier alpha value is -2.43. The van der Waals surface area contributed by atoms with Crippen LogP contribution in [0.15, 0.2) is 23.9 Å². The summed E-state index contributed by atoms with van der Waals surface area (Å²) >= 11 is 0. The molecule has 0 saturated heterocycles. The fourth-order valence-electron chi connectivity index (χ4n) is 1.58. The van der Waals surface area contributed by atoms with Crippen LogP contribution in [0.1, 0.15) is 0 Å². The van der Waals surface area contributed by atoms with E-state index in [2.05, 4.69) is 0 Å². The van der Waals surface area contributed by atoms with E-state index in [0.717, 1.165) is 0 Å². The summed E-state index contributed by atoms with van der Waals surface area (Å²) in [5.41, 5.74) is -1.15. The Morgan fingerprint density at radius 1 is 1.13 bits per heavy atom. The van der Waals surface area contributed by atoms with E-state index in [1.165, 1.54) is 0 Å². The number of carbonyl (C=O) groups is 1. The first kappa shape index (κ1) is 20.6. The molecule has 0 bridgehead atoms. The van der Waals surface area contributed by atoms with E-state index < -0.39 is 45.9 Å². The molecule has 0 heterocycles. The minimum atomic E-state index is -5.82. The predicted octanol–water partition coefficient (Wildman–Crippen LogP) is -1.47. The van der Waals surface area contributed by atoms with E-state index in [-0.39, 0.29) is 18.6 Å². The Kier molecular flexibility index (Phi) is 6.06. The van der Waals surface area contributed by atoms with Crippen molar-refractivity contribution in [2.24, 2.45) is 0 Å². The molecule has 1 aliphatic rings. The van der Waals surface area contributed by atoms with Gasteiger partial charge in [-0.2, -0.15) is 16.8 Å². The van der Waals surface area contributed by atoms with Gasteiger partial charge in [0.25, 0.3) is 38.4 Å². The maximum absolute atomic E-state index is 11.2. The van der Waals surface area contributed by atoms with Crippen molar-refractivity contribution in [3.8, 4) is 0 Å². The van der Waals surface area contributed by atoms with Crippen molar-refractivity contribution in [2.45, 2.75) is 10.1 Å². The summed E-state index contributed by atoms with van der Waals surface area (Å²) in [5, 5.41) is 28.2. The zero-order valence-corrected chi connectivity index (χ0v) is 12.2. The molecule has 1 rings (SSSR count). The number of hydrogen-bond donors (Lipinski definition) is 3. The van der Waals surface area contributed by atoms with Gasteiger partial charge in [0.15, 0.2) is 0 Å². The first-order valence-electron chi connectivity index (χ1n) is 4.97. The number of nitrogens with zero attached hydrogens (tertiary/aromatic N) is 2. The second-order valence-electron chi connectivity index (χ2n) is 3.69. The lowest BCUT2D eigenvalue weighted by atomic mass is 10.1. The molecular formula is C7H8N2O12S2. The summed E-state index contributed by atoms with van der Waals surface area (Å²) in [6, 6.07) is -2.66. The standard InChI is InChI=1S/C6H6N2O10S2.CH2O2/c9-7(10)4-1-2-5(8(11)12)6(3-4,19(13,14)15)20(16,17)18;2-1-3/h1-3,5H,(H,13,14,15)(H,16,17,18);1H,(H,2,3). The smallest absolute Gasteiger partial charge is 0.316 e. The molecule has 1 atom stereocenters. The summed E-state index contributed by atoms with van der Waals surface area (Å²) in [7, 11) is -11.6. The lowest BCUT2D eigenvalue weighted by Gasteiger charge is -2.26. The molecule has 3 N–H and O–H groups in total. The molecule has 1 unspecified atom stereocenters. The molecule has 23 heavy (non-hydrogen) atoms. The minimum absolute atomic E-state index is 0.189. The highest BCUT2D eigenvalue weighted by atomic mass is 32.3. The van der Waals surface area contributed by atoms with Crippen LogP contribution in [0.25, 0.3) is 0 Å². The van der Waals surface area contributed by atoms with Crippen LogP contribution in [0.2, 0.25) is 0 Å². The molecule has 1 aliphatic carbocycles. The molecule has 0 aromatic heterocycles. The summed E-state index contributed by atoms with van der Waals surface area (Å²) in [6.45, 7) is -0.250. The van der Waals surface area contributed by atoms with Gasteiger partial charge in [0.05, 0.1) is 4.92 Å². The normalized spacial score (nSPS) is 19.7. The highest BCUT2D eigenvalue weighted by Gasteiger charge is 2.66. The van der Waals surface area contributed by atoms with Crippen LogP contribution in [0, 0.1) is 20.2 Å². The van der Waals surface area contributed by atoms with Crippen LogP contribution in [0.5, 0.6) is 0 Å². The SMILES string of the molecule is O=CO.O=[N+]([O-])C1=CC(S(=O)(=O)O)(S(=O)(=O)O)C([N+](=O)[O-])C=C1. The summed E-state index contributed by atoms with van der Waals surface area (Å²) in [4.78, 5) is 27.0. The lowest BCUT2D eigenvalue weighted by molar-refractivity contribution is -0.510. The number of hydrogen-bond acceptors (Lipinski definition) is 9. The van der Waals surface area contributed by atoms with E-state index >= 15 is 0 Å². The molecule has 130 valence electrons. The molecule has 0 spiro atoms. The molecule has 0 amide bonds. The third-order valence-corrected chi connectivity index (χ3v) is 6.05. The van der Waals surface area contributed by atoms with Crippen LogP contribution in [-0.2, 0) is 25.0 Å². The highest BCUT2D eigenvalue weighted by Crippen LogP contribution is 2.36. The van der Waals surface area contributed by atoms with Gasteiger partial charge < -0.3 is 5.11 Å². The van der Waals surface area contributed by atoms with E-state index in [9.17, 15) is 37.1 Å². The van der Waals surface area contributed by atoms with Gasteiger partial charge >= 0.3 is 4.08 Å². The number of nitro groups is 2. The number of allylic oxidation sites excluding steroid dienone is 1. The summed E-state index contributed by atoms with van der Waals surface area (Å²) < 4.78 is 59.1. The van der Waals surface area contributed by atoms with Crippen molar-refractivity contribution < 1.29 is 45.7 Å². The van der Waals surface area contributed by atoms with Crippen molar-refractivity contribution >= 4 is 26.7 Å². The summed E-state index contributed by atoms with van der Waals surface area (Å²) in [6.07, 6.45) is 0.576. The molecule has 16 heteroatoms. The van der Waals surface area contributed by atoms with Gasteiger partial charge in [0.1, 0.15) is 0 Å². The maximum atomic E-state index is 11.2. The molecule has 0 aliphatic heterocycles. The van der Waals surface area contributed by atoms with Gasteiger partial charge in [0.2, 0.25) is 0 Å². The van der Waals surface area contributed by atoms with Crippen molar-refractivity contribution in [3.05, 3.63) is 44.2 Å². The van der Waals surface area contributed by atoms with Gasteiger partial charge in [-0.3, -0.25) is 34.1 Å². The molecule has 0 saturated carbocycles. The largest absolute Gasteiger partial charge is 0.483 e. The second kappa shape index (κ2) is 6.77. The van der Waals surface area contributed by atoms with Crippen LogP contribution in [-0.4, -0.2) is 57.5 Å². The fraction of sp³-hybridized carbons (Fsp3) is 0.286. The van der Waals surface area contributed by atoms with Gasteiger partial charge in [-0.05, 0) is 6.08 Å². The maximum Gasteiger partial charge on any atom is 0.316 e. The van der Waals surface area contributed by atoms with Crippen molar-refractivity contribution in [1.29, 1.82) is 0 Å². The average Bonchev–Trinajstić information content (AvgIpc) is 2.35. The Morgan fingerprint density at radius 2 is 1.52 bits per heavy atom. The Balaban J connectivity index is 0.00000149. The van der Waals surface area contributed by atoms with Gasteiger partial charge in [-0.15, -0.1) is 0 Å². The van der Waals surface area contributed by atoms with E-state index in [4.69, 9.17) is 19.0 Å². The molecule has 14 nitrogen and oxygen atoms in total. The van der Waals surface area contributed by atoms with Crippen molar-refractivity contribution in [3.63, 3.8) is 0 Å². The quantitative estimate of drug-likeness (QED) is 0.221. The first-order chi connectivity index (χ1) is 10.3. The number of carboxylic acid groups (broad SMARTS) is 1. The number of rotatable bonds is 4. The van der Waals surface area contributed by atoms with Crippen LogP contribution < -0.4 is 0 Å². The van der Waals surface area contributed by atoms with E-state index in [1.54, 1.807) is 0 Å². The Labute approximate surface area is 127 Å². The van der Waals surface area contributed by atoms with Crippen LogP contribution in [0.4, 0.5) is 0 Å². The van der Waals surface area contributed by atoms with Crippen molar-refractivity contribution in [1.82, 2.24) is 0 Å². The lowest BCUT2D eigenvalue weighted by Crippen LogP contribution is -2.57. The molecule has 0 fully saturated rings. The zero-order chi connectivity index (χ0) is 18.6. The monoisotopic (exact) mass is 376 g/mol. The van der Waals surface area contributed by atoms with E-state index in [1.807, 2.05) is 0 Å². The van der Waals surface area contributed by atoms with Crippen LogP contribution in [0.3, 0.4) is 0 Å². The van der Waals surface area contributed by atoms with E-state index in [0.29, 0.717) is 6.08 Å². The van der Waals surface area contributed by atoms with Gasteiger partial charge in [-0.1, -0.05) is 0 Å². The Morgan fingerprint density at radius 3 is 1.78 bits per heavy atom. The third-order valence-electron chi connectivity index (χ3n) is 2.45. The molecule has 0 radical (unpaired) electrons. The van der Waals surface area contributed by atoms with Gasteiger partial charge in [-0.25, -0.2) is 0 Å².